The van der Waals surface area contributed by atoms with Crippen molar-refractivity contribution >= 4 is 40.3 Å². The van der Waals surface area contributed by atoms with Gasteiger partial charge in [0.15, 0.2) is 5.75 Å². The zero-order chi connectivity index (χ0) is 47.5. The lowest BCUT2D eigenvalue weighted by Gasteiger charge is -2.38. The van der Waals surface area contributed by atoms with Gasteiger partial charge < -0.3 is 49.8 Å². The molecule has 0 aliphatic carbocycles. The number of phenols is 3. The molecule has 1 fully saturated rings. The van der Waals surface area contributed by atoms with Gasteiger partial charge in [0.25, 0.3) is 11.7 Å². The number of piperazine rings is 1. The fourth-order valence-corrected chi connectivity index (χ4v) is 8.86. The van der Waals surface area contributed by atoms with E-state index in [2.05, 4.69) is 27.5 Å². The number of nitrogens with one attached hydrogen (secondary N) is 1. The van der Waals surface area contributed by atoms with Crippen molar-refractivity contribution in [2.75, 3.05) is 38.6 Å². The first-order valence-corrected chi connectivity index (χ1v) is 21.9. The van der Waals surface area contributed by atoms with E-state index >= 15 is 0 Å². The highest BCUT2D eigenvalue weighted by molar-refractivity contribution is 6.23. The van der Waals surface area contributed by atoms with E-state index in [0.29, 0.717) is 26.2 Å². The SMILES string of the molecule is COC1/C=C/OC2(C)Oc3c(C)c(O)c4c(O)c(c(/C=N\N5CCN(Cc6ccccc6)CC5)c(O)c4c3C2=O)NC(=O)/C(C)=C/C=C/C(C)C(O)C(C)C(O)C(C)C(OC(C)=O)C1C. The smallest absolute Gasteiger partial charge is 0.312 e. The lowest BCUT2D eigenvalue weighted by Crippen LogP contribution is -2.46. The Labute approximate surface area is 379 Å². The number of methoxy groups -OCH3 is 1. The normalized spacial score (nSPS) is 30.1. The second-order valence-corrected chi connectivity index (χ2v) is 17.6. The summed E-state index contributed by atoms with van der Waals surface area (Å²) in [6, 6.07) is 10.1. The molecular formula is C49H62N4O12. The number of hydrazone groups is 1. The van der Waals surface area contributed by atoms with Crippen LogP contribution in [0.2, 0.25) is 0 Å². The molecule has 0 aromatic heterocycles. The molecule has 4 heterocycles. The van der Waals surface area contributed by atoms with Crippen LogP contribution in [0.1, 0.15) is 75.5 Å². The number of nitrogens with zero attached hydrogens (tertiary/aromatic N) is 3. The van der Waals surface area contributed by atoms with Gasteiger partial charge in [-0.25, -0.2) is 0 Å². The van der Waals surface area contributed by atoms with Gasteiger partial charge in [-0.05, 0) is 25.5 Å². The second kappa shape index (κ2) is 20.1. The number of fused-ring (bicyclic) bond motifs is 14. The fraction of sp³-hybridized carbons (Fsp3) is 0.469. The number of aliphatic hydroxyl groups excluding tert-OH is 2. The number of hydrogen-bond acceptors (Lipinski definition) is 15. The number of esters is 1. The summed E-state index contributed by atoms with van der Waals surface area (Å²) in [5, 5.41) is 67.5. The molecule has 0 saturated carbocycles. The first-order chi connectivity index (χ1) is 30.8. The molecule has 6 N–H and O–H groups in total. The molecule has 9 atom stereocenters. The fourth-order valence-electron chi connectivity index (χ4n) is 8.86. The van der Waals surface area contributed by atoms with Crippen LogP contribution in [0.15, 0.2) is 71.6 Å². The molecule has 1 amide bonds. The summed E-state index contributed by atoms with van der Waals surface area (Å²) in [7, 11) is 1.44. The number of allylic oxidation sites excluding steroid dienone is 2. The van der Waals surface area contributed by atoms with E-state index in [1.165, 1.54) is 65.0 Å². The molecule has 4 aliphatic rings. The quantitative estimate of drug-likeness (QED) is 0.0734. The van der Waals surface area contributed by atoms with E-state index in [1.807, 2.05) is 18.2 Å². The molecule has 16 heteroatoms. The van der Waals surface area contributed by atoms with Crippen molar-refractivity contribution in [3.8, 4) is 23.0 Å². The Morgan fingerprint density at radius 1 is 0.923 bits per heavy atom. The van der Waals surface area contributed by atoms with E-state index in [4.69, 9.17) is 18.9 Å². The number of aliphatic hydroxyl groups is 2. The molecule has 0 spiro atoms. The number of amides is 1. The number of carbonyl (C=O) groups is 3. The molecule has 5 bridgehead atoms. The monoisotopic (exact) mass is 898 g/mol. The Morgan fingerprint density at radius 2 is 1.60 bits per heavy atom. The molecule has 65 heavy (non-hydrogen) atoms. The Kier molecular flexibility index (Phi) is 15.0. The summed E-state index contributed by atoms with van der Waals surface area (Å²) in [6.45, 7) is 15.8. The molecule has 9 unspecified atom stereocenters. The van der Waals surface area contributed by atoms with Crippen LogP contribution in [0.5, 0.6) is 23.0 Å². The van der Waals surface area contributed by atoms with Crippen LogP contribution in [-0.2, 0) is 30.3 Å². The van der Waals surface area contributed by atoms with Gasteiger partial charge in [-0.2, -0.15) is 5.10 Å². The van der Waals surface area contributed by atoms with E-state index in [-0.39, 0.29) is 44.5 Å². The minimum atomic E-state index is -2.06. The highest BCUT2D eigenvalue weighted by atomic mass is 16.7. The summed E-state index contributed by atoms with van der Waals surface area (Å²) in [4.78, 5) is 43.1. The molecule has 3 aromatic rings. The van der Waals surface area contributed by atoms with Crippen LogP contribution < -0.4 is 10.1 Å². The van der Waals surface area contributed by atoms with Crippen molar-refractivity contribution in [1.82, 2.24) is 9.91 Å². The lowest BCUT2D eigenvalue weighted by molar-refractivity contribution is -0.160. The van der Waals surface area contributed by atoms with Gasteiger partial charge >= 0.3 is 11.8 Å². The zero-order valence-corrected chi connectivity index (χ0v) is 38.4. The summed E-state index contributed by atoms with van der Waals surface area (Å²) in [5.41, 5.74) is 0.808. The summed E-state index contributed by atoms with van der Waals surface area (Å²) < 4.78 is 23.7. The number of Topliss-reactive ketones (excluding diaryl/α,β-unsaturated/α-hetero) is 1. The van der Waals surface area contributed by atoms with Gasteiger partial charge in [0.1, 0.15) is 23.4 Å². The van der Waals surface area contributed by atoms with Gasteiger partial charge in [-0.15, -0.1) is 0 Å². The van der Waals surface area contributed by atoms with Crippen molar-refractivity contribution in [3.05, 3.63) is 88.7 Å². The summed E-state index contributed by atoms with van der Waals surface area (Å²) >= 11 is 0. The number of hydrogen-bond donors (Lipinski definition) is 6. The van der Waals surface area contributed by atoms with Crippen LogP contribution >= 0.6 is 0 Å². The Balaban J connectivity index is 1.46. The molecule has 16 nitrogen and oxygen atoms in total. The molecule has 7 rings (SSSR count). The summed E-state index contributed by atoms with van der Waals surface area (Å²) in [6.07, 6.45) is 4.87. The molecular weight excluding hydrogens is 837 g/mol. The molecule has 1 saturated heterocycles. The van der Waals surface area contributed by atoms with Crippen LogP contribution in [0.25, 0.3) is 10.8 Å². The summed E-state index contributed by atoms with van der Waals surface area (Å²) in [5.74, 6) is -8.42. The van der Waals surface area contributed by atoms with Gasteiger partial charge in [0.2, 0.25) is 0 Å². The first-order valence-electron chi connectivity index (χ1n) is 21.9. The molecule has 350 valence electrons. The number of rotatable bonds is 6. The number of phenolic OH excluding ortho intramolecular Hbond substituents is 3. The van der Waals surface area contributed by atoms with Gasteiger partial charge in [0, 0.05) is 93.9 Å². The topological polar surface area (TPSA) is 220 Å². The van der Waals surface area contributed by atoms with Gasteiger partial charge in [-0.3, -0.25) is 24.3 Å². The number of ether oxygens (including phenoxy) is 4. The average Bonchev–Trinajstić information content (AvgIpc) is 3.55. The minimum Gasteiger partial charge on any atom is -0.507 e. The average molecular weight is 899 g/mol. The first kappa shape index (κ1) is 48.5. The highest BCUT2D eigenvalue weighted by Crippen LogP contribution is 2.55. The molecule has 4 aliphatic heterocycles. The highest BCUT2D eigenvalue weighted by Gasteiger charge is 2.50. The van der Waals surface area contributed by atoms with Crippen LogP contribution in [0.4, 0.5) is 5.69 Å². The number of aromatic hydroxyl groups is 3. The van der Waals surface area contributed by atoms with Crippen molar-refractivity contribution < 1.29 is 58.9 Å². The maximum Gasteiger partial charge on any atom is 0.312 e. The third kappa shape index (κ3) is 10.0. The third-order valence-corrected chi connectivity index (χ3v) is 13.0. The van der Waals surface area contributed by atoms with Gasteiger partial charge in [-0.1, -0.05) is 76.3 Å². The van der Waals surface area contributed by atoms with E-state index < -0.39 is 88.8 Å². The Hall–Kier alpha value is -5.94. The van der Waals surface area contributed by atoms with Crippen molar-refractivity contribution in [2.45, 2.75) is 92.1 Å². The maximum absolute atomic E-state index is 14.6. The van der Waals surface area contributed by atoms with Crippen LogP contribution in [0, 0.1) is 30.6 Å². The second-order valence-electron chi connectivity index (χ2n) is 17.6. The lowest BCUT2D eigenvalue weighted by atomic mass is 9.78. The number of ketones is 1. The van der Waals surface area contributed by atoms with Crippen molar-refractivity contribution in [1.29, 1.82) is 0 Å². The minimum absolute atomic E-state index is 0.0522. The maximum atomic E-state index is 14.6. The molecule has 3 aromatic carbocycles. The van der Waals surface area contributed by atoms with Crippen LogP contribution in [-0.4, -0.2) is 123 Å². The third-order valence-electron chi connectivity index (χ3n) is 13.0. The Bertz CT molecular complexity index is 2390. The number of carbonyl (C=O) groups excluding carboxylic acids is 3. The van der Waals surface area contributed by atoms with Crippen molar-refractivity contribution in [2.24, 2.45) is 28.8 Å². The Morgan fingerprint density at radius 3 is 2.25 bits per heavy atom. The molecule has 0 radical (unpaired) electrons. The van der Waals surface area contributed by atoms with E-state index in [0.717, 1.165) is 6.54 Å². The number of benzene rings is 3. The zero-order valence-electron chi connectivity index (χ0n) is 38.4. The van der Waals surface area contributed by atoms with Crippen LogP contribution in [0.3, 0.4) is 0 Å². The van der Waals surface area contributed by atoms with E-state index in [9.17, 15) is 39.9 Å². The predicted molar refractivity (Wildman–Crippen MR) is 245 cm³/mol. The largest absolute Gasteiger partial charge is 0.507 e. The van der Waals surface area contributed by atoms with Crippen molar-refractivity contribution in [3.63, 3.8) is 0 Å². The number of anilines is 1. The standard InChI is InChI=1S/C49H62N4O12/c1-26-14-13-15-27(2)48(61)51-39-34(24-50-53-21-19-52(20-22-53)25-33-16-11-10-12-17-33)43(58)36-37(44(39)59)42(57)31(6)46-38(36)47(60)49(8,65-46)63-23-18-35(62-9)28(3)45(64-32(7)54)30(5)41(56)29(4)40(26)55/h10-18,23-24,26,28-30,35,40-41,45,55-59H,19-22,25H2,1-9H3,(H,51,61)/b14-13+,23-18+,27-15+,50-24-. The predicted octanol–water partition coefficient (Wildman–Crippen LogP) is 5.91. The van der Waals surface area contributed by atoms with E-state index in [1.54, 1.807) is 44.9 Å². The van der Waals surface area contributed by atoms with Gasteiger partial charge in [0.05, 0.1) is 53.0 Å².